The van der Waals surface area contributed by atoms with Gasteiger partial charge in [-0.15, -0.1) is 0 Å². The van der Waals surface area contributed by atoms with Crippen molar-refractivity contribution in [2.24, 2.45) is 0 Å². The molecular formula is C13H19NO3. The van der Waals surface area contributed by atoms with Gasteiger partial charge in [-0.2, -0.15) is 0 Å². The van der Waals surface area contributed by atoms with Gasteiger partial charge in [0.2, 0.25) is 0 Å². The van der Waals surface area contributed by atoms with Crippen LogP contribution in [0.5, 0.6) is 11.5 Å². The lowest BCUT2D eigenvalue weighted by Crippen LogP contribution is -2.31. The van der Waals surface area contributed by atoms with E-state index in [4.69, 9.17) is 9.47 Å². The monoisotopic (exact) mass is 237 g/mol. The average Bonchev–Trinajstić information content (AvgIpc) is 2.37. The number of hydrogen-bond acceptors (Lipinski definition) is 3. The van der Waals surface area contributed by atoms with E-state index >= 15 is 0 Å². The predicted octanol–water partition coefficient (Wildman–Crippen LogP) is 2.23. The Kier molecular flexibility index (Phi) is 4.82. The van der Waals surface area contributed by atoms with Gasteiger partial charge < -0.3 is 14.8 Å². The fourth-order valence-corrected chi connectivity index (χ4v) is 1.35. The van der Waals surface area contributed by atoms with E-state index in [0.717, 1.165) is 6.42 Å². The summed E-state index contributed by atoms with van der Waals surface area (Å²) in [5, 5.41) is 2.90. The van der Waals surface area contributed by atoms with Crippen LogP contribution in [0.2, 0.25) is 0 Å². The summed E-state index contributed by atoms with van der Waals surface area (Å²) in [6, 6.07) is 5.28. The van der Waals surface area contributed by atoms with E-state index in [1.54, 1.807) is 32.4 Å². The van der Waals surface area contributed by atoms with Crippen LogP contribution in [0.25, 0.3) is 0 Å². The van der Waals surface area contributed by atoms with Gasteiger partial charge in [-0.1, -0.05) is 6.92 Å². The minimum absolute atomic E-state index is 0.114. The Bertz CT molecular complexity index is 368. The predicted molar refractivity (Wildman–Crippen MR) is 66.8 cm³/mol. The summed E-state index contributed by atoms with van der Waals surface area (Å²) in [4.78, 5) is 11.9. The Morgan fingerprint density at radius 2 is 1.76 bits per heavy atom. The number of rotatable bonds is 5. The highest BCUT2D eigenvalue weighted by molar-refractivity contribution is 5.95. The third-order valence-corrected chi connectivity index (χ3v) is 2.60. The van der Waals surface area contributed by atoms with Crippen LogP contribution < -0.4 is 14.8 Å². The Morgan fingerprint density at radius 3 is 2.18 bits per heavy atom. The first-order valence-corrected chi connectivity index (χ1v) is 5.64. The van der Waals surface area contributed by atoms with Gasteiger partial charge in [0.25, 0.3) is 5.91 Å². The van der Waals surface area contributed by atoms with Crippen molar-refractivity contribution in [3.8, 4) is 11.5 Å². The summed E-state index contributed by atoms with van der Waals surface area (Å²) < 4.78 is 10.2. The van der Waals surface area contributed by atoms with Crippen molar-refractivity contribution in [3.05, 3.63) is 23.8 Å². The standard InChI is InChI=1S/C13H19NO3/c1-5-9(2)14-13(15)10-6-11(16-3)8-12(7-10)17-4/h6-9H,5H2,1-4H3,(H,14,15)/t9-/m0/s1. The lowest BCUT2D eigenvalue weighted by molar-refractivity contribution is 0.0938. The number of carbonyl (C=O) groups is 1. The Morgan fingerprint density at radius 1 is 1.24 bits per heavy atom. The fourth-order valence-electron chi connectivity index (χ4n) is 1.35. The molecule has 0 unspecified atom stereocenters. The second-order valence-electron chi connectivity index (χ2n) is 3.88. The molecule has 0 saturated heterocycles. The van der Waals surface area contributed by atoms with Crippen LogP contribution in [0.4, 0.5) is 0 Å². The Hall–Kier alpha value is -1.71. The molecule has 0 aliphatic heterocycles. The fraction of sp³-hybridized carbons (Fsp3) is 0.462. The zero-order valence-corrected chi connectivity index (χ0v) is 10.7. The van der Waals surface area contributed by atoms with Crippen LogP contribution in [0.15, 0.2) is 18.2 Å². The maximum Gasteiger partial charge on any atom is 0.251 e. The van der Waals surface area contributed by atoms with E-state index in [2.05, 4.69) is 5.32 Å². The van der Waals surface area contributed by atoms with E-state index in [9.17, 15) is 4.79 Å². The van der Waals surface area contributed by atoms with E-state index in [1.165, 1.54) is 0 Å². The lowest BCUT2D eigenvalue weighted by atomic mass is 10.1. The van der Waals surface area contributed by atoms with Crippen LogP contribution in [-0.4, -0.2) is 26.2 Å². The van der Waals surface area contributed by atoms with Gasteiger partial charge in [-0.3, -0.25) is 4.79 Å². The second kappa shape index (κ2) is 6.13. The molecule has 0 radical (unpaired) electrons. The van der Waals surface area contributed by atoms with Crippen LogP contribution in [-0.2, 0) is 0 Å². The average molecular weight is 237 g/mol. The summed E-state index contributed by atoms with van der Waals surface area (Å²) in [5.74, 6) is 1.11. The number of carbonyl (C=O) groups excluding carboxylic acids is 1. The molecule has 0 aliphatic rings. The SMILES string of the molecule is CC[C@H](C)NC(=O)c1cc(OC)cc(OC)c1. The first kappa shape index (κ1) is 13.4. The molecule has 94 valence electrons. The summed E-state index contributed by atoms with van der Waals surface area (Å²) in [6.07, 6.45) is 0.896. The van der Waals surface area contributed by atoms with Crippen molar-refractivity contribution in [2.75, 3.05) is 14.2 Å². The molecule has 0 heterocycles. The maximum atomic E-state index is 11.9. The molecule has 1 atom stereocenters. The normalized spacial score (nSPS) is 11.8. The van der Waals surface area contributed by atoms with Crippen molar-refractivity contribution in [1.29, 1.82) is 0 Å². The van der Waals surface area contributed by atoms with Gasteiger partial charge in [-0.25, -0.2) is 0 Å². The summed E-state index contributed by atoms with van der Waals surface area (Å²) >= 11 is 0. The molecule has 0 bridgehead atoms. The molecule has 4 heteroatoms. The highest BCUT2D eigenvalue weighted by Gasteiger charge is 2.11. The maximum absolute atomic E-state index is 11.9. The highest BCUT2D eigenvalue weighted by atomic mass is 16.5. The van der Waals surface area contributed by atoms with Crippen LogP contribution >= 0.6 is 0 Å². The molecule has 0 spiro atoms. The minimum Gasteiger partial charge on any atom is -0.497 e. The van der Waals surface area contributed by atoms with Crippen molar-refractivity contribution in [1.82, 2.24) is 5.32 Å². The molecular weight excluding hydrogens is 218 g/mol. The summed E-state index contributed by atoms with van der Waals surface area (Å²) in [7, 11) is 3.12. The molecule has 0 fully saturated rings. The van der Waals surface area contributed by atoms with Crippen molar-refractivity contribution in [2.45, 2.75) is 26.3 Å². The van der Waals surface area contributed by atoms with Crippen molar-refractivity contribution >= 4 is 5.91 Å². The minimum atomic E-state index is -0.114. The number of methoxy groups -OCH3 is 2. The largest absolute Gasteiger partial charge is 0.497 e. The Balaban J connectivity index is 2.92. The van der Waals surface area contributed by atoms with Gasteiger partial charge in [0, 0.05) is 17.7 Å². The van der Waals surface area contributed by atoms with Crippen LogP contribution in [0.3, 0.4) is 0 Å². The third-order valence-electron chi connectivity index (χ3n) is 2.60. The van der Waals surface area contributed by atoms with Gasteiger partial charge in [0.1, 0.15) is 11.5 Å². The van der Waals surface area contributed by atoms with Crippen LogP contribution in [0.1, 0.15) is 30.6 Å². The molecule has 4 nitrogen and oxygen atoms in total. The molecule has 1 aromatic carbocycles. The molecule has 1 amide bonds. The molecule has 0 aromatic heterocycles. The van der Waals surface area contributed by atoms with Gasteiger partial charge in [0.15, 0.2) is 0 Å². The third kappa shape index (κ3) is 3.66. The summed E-state index contributed by atoms with van der Waals surface area (Å²) in [6.45, 7) is 3.99. The zero-order valence-electron chi connectivity index (χ0n) is 10.7. The molecule has 1 aromatic rings. The molecule has 0 saturated carbocycles. The smallest absolute Gasteiger partial charge is 0.251 e. The zero-order chi connectivity index (χ0) is 12.8. The Labute approximate surface area is 102 Å². The molecule has 0 aliphatic carbocycles. The molecule has 1 N–H and O–H groups in total. The summed E-state index contributed by atoms with van der Waals surface area (Å²) in [5.41, 5.74) is 0.543. The van der Waals surface area contributed by atoms with E-state index in [1.807, 2.05) is 13.8 Å². The van der Waals surface area contributed by atoms with Gasteiger partial charge >= 0.3 is 0 Å². The second-order valence-corrected chi connectivity index (χ2v) is 3.88. The highest BCUT2D eigenvalue weighted by Crippen LogP contribution is 2.22. The van der Waals surface area contributed by atoms with E-state index < -0.39 is 0 Å². The first-order valence-electron chi connectivity index (χ1n) is 5.64. The topological polar surface area (TPSA) is 47.6 Å². The van der Waals surface area contributed by atoms with E-state index in [0.29, 0.717) is 17.1 Å². The van der Waals surface area contributed by atoms with Gasteiger partial charge in [0.05, 0.1) is 14.2 Å². The van der Waals surface area contributed by atoms with Gasteiger partial charge in [-0.05, 0) is 25.5 Å². The van der Waals surface area contributed by atoms with E-state index in [-0.39, 0.29) is 11.9 Å². The molecule has 1 rings (SSSR count). The first-order chi connectivity index (χ1) is 8.10. The number of hydrogen-bond donors (Lipinski definition) is 1. The number of ether oxygens (including phenoxy) is 2. The van der Waals surface area contributed by atoms with Crippen molar-refractivity contribution < 1.29 is 14.3 Å². The number of nitrogens with one attached hydrogen (secondary N) is 1. The quantitative estimate of drug-likeness (QED) is 0.854. The number of amides is 1. The lowest BCUT2D eigenvalue weighted by Gasteiger charge is -2.13. The number of benzene rings is 1. The van der Waals surface area contributed by atoms with Crippen molar-refractivity contribution in [3.63, 3.8) is 0 Å². The van der Waals surface area contributed by atoms with Crippen LogP contribution in [0, 0.1) is 0 Å². The molecule has 17 heavy (non-hydrogen) atoms.